The van der Waals surface area contributed by atoms with Gasteiger partial charge in [-0.3, -0.25) is 4.98 Å². The molecule has 0 amide bonds. The first-order chi connectivity index (χ1) is 10.1. The van der Waals surface area contributed by atoms with Crippen molar-refractivity contribution in [2.45, 2.75) is 0 Å². The molecule has 0 saturated heterocycles. The van der Waals surface area contributed by atoms with Crippen LogP contribution in [0, 0.1) is 5.82 Å². The maximum atomic E-state index is 13.9. The first-order valence-electron chi connectivity index (χ1n) is 5.88. The number of pyridine rings is 1. The number of halogens is 2. The molecule has 1 aromatic carbocycles. The van der Waals surface area contributed by atoms with Gasteiger partial charge in [-0.15, -0.1) is 0 Å². The van der Waals surface area contributed by atoms with Crippen molar-refractivity contribution in [3.8, 4) is 0 Å². The third kappa shape index (κ3) is 2.47. The number of hydrogen-bond acceptors (Lipinski definition) is 4. The Morgan fingerprint density at radius 2 is 2.19 bits per heavy atom. The van der Waals surface area contributed by atoms with Crippen LogP contribution >= 0.6 is 15.9 Å². The van der Waals surface area contributed by atoms with Crippen molar-refractivity contribution in [3.63, 3.8) is 0 Å². The number of hydrogen-bond donors (Lipinski definition) is 2. The molecule has 7 heteroatoms. The summed E-state index contributed by atoms with van der Waals surface area (Å²) in [5.41, 5.74) is 0.682. The zero-order chi connectivity index (χ0) is 15.0. The van der Waals surface area contributed by atoms with E-state index in [9.17, 15) is 14.3 Å². The van der Waals surface area contributed by atoms with Gasteiger partial charge in [-0.05, 0) is 24.3 Å². The number of carbonyl (C=O) groups is 1. The SMILES string of the molecule is O=C(O)c1oc2ccncc2c1Nc1ccc(Br)cc1F. The van der Waals surface area contributed by atoms with E-state index in [1.54, 1.807) is 12.1 Å². The molecule has 0 aliphatic rings. The molecule has 0 saturated carbocycles. The standard InChI is InChI=1S/C14H8BrFN2O3/c15-7-1-2-10(9(16)5-7)18-12-8-6-17-4-3-11(8)21-13(12)14(19)20/h1-6,18H,(H,19,20). The van der Waals surface area contributed by atoms with Crippen molar-refractivity contribution < 1.29 is 18.7 Å². The van der Waals surface area contributed by atoms with Gasteiger partial charge in [0.2, 0.25) is 5.76 Å². The molecule has 0 bridgehead atoms. The molecule has 0 aliphatic heterocycles. The fraction of sp³-hybridized carbons (Fsp3) is 0. The number of furan rings is 1. The maximum Gasteiger partial charge on any atom is 0.374 e. The predicted molar refractivity (Wildman–Crippen MR) is 78.4 cm³/mol. The molecule has 2 aromatic heterocycles. The molecule has 3 aromatic rings. The van der Waals surface area contributed by atoms with Crippen LogP contribution in [0.2, 0.25) is 0 Å². The number of carboxylic acids is 1. The van der Waals surface area contributed by atoms with Gasteiger partial charge in [-0.2, -0.15) is 0 Å². The molecule has 0 radical (unpaired) electrons. The summed E-state index contributed by atoms with van der Waals surface area (Å²) in [5.74, 6) is -2.05. The Labute approximate surface area is 126 Å². The lowest BCUT2D eigenvalue weighted by Gasteiger charge is -2.07. The third-order valence-corrected chi connectivity index (χ3v) is 3.37. The van der Waals surface area contributed by atoms with E-state index in [-0.39, 0.29) is 17.1 Å². The number of aromatic nitrogens is 1. The van der Waals surface area contributed by atoms with Gasteiger partial charge in [-0.1, -0.05) is 15.9 Å². The molecule has 21 heavy (non-hydrogen) atoms. The topological polar surface area (TPSA) is 75.4 Å². The van der Waals surface area contributed by atoms with Crippen LogP contribution in [0.5, 0.6) is 0 Å². The van der Waals surface area contributed by atoms with Crippen molar-refractivity contribution in [1.82, 2.24) is 4.98 Å². The normalized spacial score (nSPS) is 10.8. The molecule has 5 nitrogen and oxygen atoms in total. The molecular formula is C14H8BrFN2O3. The number of nitrogens with zero attached hydrogens (tertiary/aromatic N) is 1. The zero-order valence-electron chi connectivity index (χ0n) is 10.4. The Bertz CT molecular complexity index is 847. The van der Waals surface area contributed by atoms with Crippen molar-refractivity contribution in [3.05, 3.63) is 52.7 Å². The van der Waals surface area contributed by atoms with Gasteiger partial charge in [0.05, 0.1) is 11.1 Å². The quantitative estimate of drug-likeness (QED) is 0.741. The molecule has 0 atom stereocenters. The van der Waals surface area contributed by atoms with Crippen molar-refractivity contribution in [1.29, 1.82) is 0 Å². The smallest absolute Gasteiger partial charge is 0.374 e. The van der Waals surface area contributed by atoms with Crippen molar-refractivity contribution >= 4 is 44.2 Å². The van der Waals surface area contributed by atoms with Gasteiger partial charge in [0.1, 0.15) is 17.1 Å². The number of rotatable bonds is 3. The van der Waals surface area contributed by atoms with Gasteiger partial charge in [-0.25, -0.2) is 9.18 Å². The summed E-state index contributed by atoms with van der Waals surface area (Å²) in [6.45, 7) is 0. The van der Waals surface area contributed by atoms with Gasteiger partial charge in [0.15, 0.2) is 0 Å². The number of benzene rings is 1. The van der Waals surface area contributed by atoms with E-state index in [0.29, 0.717) is 15.4 Å². The van der Waals surface area contributed by atoms with E-state index in [0.717, 1.165) is 0 Å². The average Bonchev–Trinajstić information content (AvgIpc) is 2.81. The van der Waals surface area contributed by atoms with Crippen LogP contribution in [0.15, 0.2) is 45.5 Å². The fourth-order valence-corrected chi connectivity index (χ4v) is 2.28. The van der Waals surface area contributed by atoms with Crippen LogP contribution in [0.25, 0.3) is 11.0 Å². The minimum Gasteiger partial charge on any atom is -0.475 e. The van der Waals surface area contributed by atoms with Crippen molar-refractivity contribution in [2.75, 3.05) is 5.32 Å². The largest absolute Gasteiger partial charge is 0.475 e. The molecule has 106 valence electrons. The lowest BCUT2D eigenvalue weighted by Crippen LogP contribution is -2.01. The summed E-state index contributed by atoms with van der Waals surface area (Å²) in [5, 5.41) is 12.4. The lowest BCUT2D eigenvalue weighted by atomic mass is 10.2. The first kappa shape index (κ1) is 13.6. The summed E-state index contributed by atoms with van der Waals surface area (Å²) < 4.78 is 19.7. The second-order valence-electron chi connectivity index (χ2n) is 4.23. The van der Waals surface area contributed by atoms with Crippen LogP contribution in [0.4, 0.5) is 15.8 Å². The minimum atomic E-state index is -1.24. The lowest BCUT2D eigenvalue weighted by molar-refractivity contribution is 0.0666. The van der Waals surface area contributed by atoms with Gasteiger partial charge in [0.25, 0.3) is 0 Å². The second-order valence-corrected chi connectivity index (χ2v) is 5.15. The zero-order valence-corrected chi connectivity index (χ0v) is 12.0. The number of fused-ring (bicyclic) bond motifs is 1. The van der Waals surface area contributed by atoms with Crippen LogP contribution in [-0.4, -0.2) is 16.1 Å². The third-order valence-electron chi connectivity index (χ3n) is 2.87. The minimum absolute atomic E-state index is 0.146. The van der Waals surface area contributed by atoms with E-state index >= 15 is 0 Å². The average molecular weight is 351 g/mol. The second kappa shape index (κ2) is 5.17. The summed E-state index contributed by atoms with van der Waals surface area (Å²) in [6, 6.07) is 5.97. The highest BCUT2D eigenvalue weighted by Crippen LogP contribution is 2.33. The van der Waals surface area contributed by atoms with E-state index < -0.39 is 11.8 Å². The fourth-order valence-electron chi connectivity index (χ4n) is 1.94. The van der Waals surface area contributed by atoms with Crippen LogP contribution < -0.4 is 5.32 Å². The molecule has 0 unspecified atom stereocenters. The number of aromatic carboxylic acids is 1. The Morgan fingerprint density at radius 1 is 1.38 bits per heavy atom. The molecular weight excluding hydrogens is 343 g/mol. The first-order valence-corrected chi connectivity index (χ1v) is 6.67. The summed E-state index contributed by atoms with van der Waals surface area (Å²) >= 11 is 3.16. The highest BCUT2D eigenvalue weighted by molar-refractivity contribution is 9.10. The molecule has 0 aliphatic carbocycles. The van der Waals surface area contributed by atoms with E-state index in [2.05, 4.69) is 26.2 Å². The molecule has 3 rings (SSSR count). The molecule has 0 spiro atoms. The van der Waals surface area contributed by atoms with E-state index in [1.807, 2.05) is 0 Å². The highest BCUT2D eigenvalue weighted by atomic mass is 79.9. The summed E-state index contributed by atoms with van der Waals surface area (Å²) in [7, 11) is 0. The predicted octanol–water partition coefficient (Wildman–Crippen LogP) is 4.17. The summed E-state index contributed by atoms with van der Waals surface area (Å²) in [6.07, 6.45) is 2.95. The summed E-state index contributed by atoms with van der Waals surface area (Å²) in [4.78, 5) is 15.2. The molecule has 2 heterocycles. The number of nitrogens with one attached hydrogen (secondary N) is 1. The van der Waals surface area contributed by atoms with Crippen LogP contribution in [0.1, 0.15) is 10.6 Å². The maximum absolute atomic E-state index is 13.9. The van der Waals surface area contributed by atoms with Gasteiger partial charge in [0, 0.05) is 16.9 Å². The highest BCUT2D eigenvalue weighted by Gasteiger charge is 2.21. The number of carboxylic acid groups (broad SMARTS) is 1. The van der Waals surface area contributed by atoms with Crippen LogP contribution in [-0.2, 0) is 0 Å². The Morgan fingerprint density at radius 3 is 2.90 bits per heavy atom. The van der Waals surface area contributed by atoms with Gasteiger partial charge < -0.3 is 14.8 Å². The molecule has 0 fully saturated rings. The van der Waals surface area contributed by atoms with Crippen LogP contribution in [0.3, 0.4) is 0 Å². The monoisotopic (exact) mass is 350 g/mol. The molecule has 2 N–H and O–H groups in total. The van der Waals surface area contributed by atoms with Crippen molar-refractivity contribution in [2.24, 2.45) is 0 Å². The Balaban J connectivity index is 2.14. The Kier molecular flexibility index (Phi) is 3.34. The van der Waals surface area contributed by atoms with E-state index in [1.165, 1.54) is 24.5 Å². The van der Waals surface area contributed by atoms with E-state index in [4.69, 9.17) is 4.42 Å². The Hall–Kier alpha value is -2.41. The van der Waals surface area contributed by atoms with Gasteiger partial charge >= 0.3 is 5.97 Å². The number of anilines is 2.